The SMILES string of the molecule is Cc1cc(C)c(N2C[NH+](c3c(C)cc(C)cc3C)C(C)C2C)c(C)c1.[Cl-]. The van der Waals surface area contributed by atoms with Gasteiger partial charge in [-0.1, -0.05) is 35.4 Å². The van der Waals surface area contributed by atoms with Gasteiger partial charge in [-0.3, -0.25) is 4.90 Å². The summed E-state index contributed by atoms with van der Waals surface area (Å²) in [6.45, 7) is 19.3. The molecule has 1 heterocycles. The van der Waals surface area contributed by atoms with Gasteiger partial charge < -0.3 is 17.3 Å². The van der Waals surface area contributed by atoms with Crippen LogP contribution >= 0.6 is 0 Å². The number of nitrogens with zero attached hydrogens (tertiary/aromatic N) is 1. The minimum atomic E-state index is 0. The maximum Gasteiger partial charge on any atom is 0.158 e. The van der Waals surface area contributed by atoms with E-state index in [1.807, 2.05) is 0 Å². The third-order valence-corrected chi connectivity index (χ3v) is 6.03. The minimum Gasteiger partial charge on any atom is -1.00 e. The molecular formula is C23H33ClN2. The first-order chi connectivity index (χ1) is 11.7. The van der Waals surface area contributed by atoms with Gasteiger partial charge in [0.15, 0.2) is 6.67 Å². The Morgan fingerprint density at radius 2 is 1.19 bits per heavy atom. The van der Waals surface area contributed by atoms with E-state index in [4.69, 9.17) is 0 Å². The quantitative estimate of drug-likeness (QED) is 0.835. The zero-order chi connectivity index (χ0) is 18.5. The molecule has 3 heteroatoms. The lowest BCUT2D eigenvalue weighted by Gasteiger charge is -2.25. The summed E-state index contributed by atoms with van der Waals surface area (Å²) in [5.74, 6) is 0. The van der Waals surface area contributed by atoms with Gasteiger partial charge in [0.05, 0.1) is 6.04 Å². The Labute approximate surface area is 165 Å². The number of anilines is 1. The lowest BCUT2D eigenvalue weighted by atomic mass is 10.0. The Balaban J connectivity index is 0.00000243. The molecule has 2 aromatic carbocycles. The number of rotatable bonds is 2. The van der Waals surface area contributed by atoms with Crippen LogP contribution in [0.4, 0.5) is 11.4 Å². The molecule has 3 unspecified atom stereocenters. The van der Waals surface area contributed by atoms with E-state index in [2.05, 4.69) is 84.6 Å². The molecule has 26 heavy (non-hydrogen) atoms. The van der Waals surface area contributed by atoms with Crippen molar-refractivity contribution in [2.45, 2.75) is 67.5 Å². The molecule has 1 saturated heterocycles. The molecule has 1 fully saturated rings. The van der Waals surface area contributed by atoms with Crippen molar-refractivity contribution in [2.24, 2.45) is 0 Å². The molecule has 0 radical (unpaired) electrons. The summed E-state index contributed by atoms with van der Waals surface area (Å²) >= 11 is 0. The van der Waals surface area contributed by atoms with Crippen LogP contribution in [0.15, 0.2) is 24.3 Å². The van der Waals surface area contributed by atoms with Crippen LogP contribution in [0.25, 0.3) is 0 Å². The molecule has 0 bridgehead atoms. The Kier molecular flexibility index (Phi) is 6.09. The van der Waals surface area contributed by atoms with Gasteiger partial charge in [0.2, 0.25) is 0 Å². The third kappa shape index (κ3) is 3.50. The summed E-state index contributed by atoms with van der Waals surface area (Å²) in [7, 11) is 0. The predicted molar refractivity (Wildman–Crippen MR) is 108 cm³/mol. The zero-order valence-corrected chi connectivity index (χ0v) is 18.3. The van der Waals surface area contributed by atoms with E-state index in [9.17, 15) is 0 Å². The fourth-order valence-electron chi connectivity index (χ4n) is 4.93. The molecule has 2 nitrogen and oxygen atoms in total. The van der Waals surface area contributed by atoms with Crippen LogP contribution in [0, 0.1) is 41.5 Å². The van der Waals surface area contributed by atoms with Crippen molar-refractivity contribution in [1.82, 2.24) is 0 Å². The molecule has 1 N–H and O–H groups in total. The number of hydrogen-bond donors (Lipinski definition) is 1. The summed E-state index contributed by atoms with van der Waals surface area (Å²) < 4.78 is 0. The van der Waals surface area contributed by atoms with Crippen LogP contribution in [0.3, 0.4) is 0 Å². The van der Waals surface area contributed by atoms with Crippen molar-refractivity contribution in [3.8, 4) is 0 Å². The molecule has 0 spiro atoms. The van der Waals surface area contributed by atoms with E-state index in [-0.39, 0.29) is 12.4 Å². The van der Waals surface area contributed by atoms with E-state index < -0.39 is 0 Å². The number of halogens is 1. The largest absolute Gasteiger partial charge is 1.00 e. The molecule has 3 atom stereocenters. The van der Waals surface area contributed by atoms with Crippen LogP contribution in [-0.4, -0.2) is 18.8 Å². The third-order valence-electron chi connectivity index (χ3n) is 6.03. The smallest absolute Gasteiger partial charge is 0.158 e. The number of nitrogens with one attached hydrogen (secondary N) is 1. The highest BCUT2D eigenvalue weighted by molar-refractivity contribution is 5.61. The number of benzene rings is 2. The Morgan fingerprint density at radius 3 is 1.65 bits per heavy atom. The fourth-order valence-corrected chi connectivity index (χ4v) is 4.93. The van der Waals surface area contributed by atoms with Gasteiger partial charge in [0.1, 0.15) is 11.7 Å². The Morgan fingerprint density at radius 1 is 0.769 bits per heavy atom. The summed E-state index contributed by atoms with van der Waals surface area (Å²) in [5, 5.41) is 0. The van der Waals surface area contributed by atoms with Crippen molar-refractivity contribution in [1.29, 1.82) is 0 Å². The molecular weight excluding hydrogens is 340 g/mol. The molecule has 142 valence electrons. The average molecular weight is 373 g/mol. The van der Waals surface area contributed by atoms with Crippen LogP contribution in [0.2, 0.25) is 0 Å². The Bertz CT molecular complexity index is 698. The van der Waals surface area contributed by atoms with Gasteiger partial charge in [-0.25, -0.2) is 0 Å². The van der Waals surface area contributed by atoms with Crippen LogP contribution in [-0.2, 0) is 0 Å². The first kappa shape index (κ1) is 20.8. The standard InChI is InChI=1S/C23H32N2.ClH/c1-14-9-16(3)22(17(4)10-14)24-13-25(21(8)20(24)7)23-18(5)11-15(2)12-19(23)6;/h9-12,20-21H,13H2,1-8H3;1H. The fraction of sp³-hybridized carbons (Fsp3) is 0.478. The highest BCUT2D eigenvalue weighted by atomic mass is 35.5. The number of quaternary nitrogens is 1. The number of aryl methyl sites for hydroxylation is 6. The van der Waals surface area contributed by atoms with E-state index in [0.717, 1.165) is 6.67 Å². The van der Waals surface area contributed by atoms with E-state index in [0.29, 0.717) is 12.1 Å². The van der Waals surface area contributed by atoms with Gasteiger partial charge >= 0.3 is 0 Å². The van der Waals surface area contributed by atoms with Crippen LogP contribution < -0.4 is 22.2 Å². The van der Waals surface area contributed by atoms with Crippen molar-refractivity contribution in [2.75, 3.05) is 11.6 Å². The van der Waals surface area contributed by atoms with Gasteiger partial charge in [-0.05, 0) is 66.5 Å². The van der Waals surface area contributed by atoms with Crippen molar-refractivity contribution >= 4 is 11.4 Å². The molecule has 0 saturated carbocycles. The Hall–Kier alpha value is -1.51. The van der Waals surface area contributed by atoms with E-state index >= 15 is 0 Å². The van der Waals surface area contributed by atoms with E-state index in [1.165, 1.54) is 44.8 Å². The normalized spacial score (nSPS) is 22.5. The molecule has 0 aromatic heterocycles. The van der Waals surface area contributed by atoms with Crippen molar-refractivity contribution in [3.05, 3.63) is 57.6 Å². The molecule has 0 aliphatic carbocycles. The summed E-state index contributed by atoms with van der Waals surface area (Å²) in [5.41, 5.74) is 11.3. The van der Waals surface area contributed by atoms with Gasteiger partial charge in [-0.15, -0.1) is 0 Å². The predicted octanol–water partition coefficient (Wildman–Crippen LogP) is 1.31. The lowest BCUT2D eigenvalue weighted by molar-refractivity contribution is -0.844. The summed E-state index contributed by atoms with van der Waals surface area (Å²) in [6.07, 6.45) is 0. The van der Waals surface area contributed by atoms with Crippen molar-refractivity contribution in [3.63, 3.8) is 0 Å². The molecule has 0 amide bonds. The minimum absolute atomic E-state index is 0. The number of hydrogen-bond acceptors (Lipinski definition) is 1. The monoisotopic (exact) mass is 372 g/mol. The van der Waals surface area contributed by atoms with E-state index in [1.54, 1.807) is 4.90 Å². The highest BCUT2D eigenvalue weighted by Crippen LogP contribution is 2.30. The molecule has 1 aliphatic heterocycles. The lowest BCUT2D eigenvalue weighted by Crippen LogP contribution is -3.10. The van der Waals surface area contributed by atoms with Crippen LogP contribution in [0.5, 0.6) is 0 Å². The maximum absolute atomic E-state index is 2.63. The molecule has 2 aromatic rings. The van der Waals surface area contributed by atoms with Gasteiger partial charge in [0.25, 0.3) is 0 Å². The molecule has 3 rings (SSSR count). The highest BCUT2D eigenvalue weighted by Gasteiger charge is 2.41. The summed E-state index contributed by atoms with van der Waals surface area (Å²) in [4.78, 5) is 4.23. The second kappa shape index (κ2) is 7.62. The molecule has 1 aliphatic rings. The summed E-state index contributed by atoms with van der Waals surface area (Å²) in [6, 6.07) is 10.4. The second-order valence-electron chi connectivity index (χ2n) is 8.20. The topological polar surface area (TPSA) is 7.68 Å². The zero-order valence-electron chi connectivity index (χ0n) is 17.5. The maximum atomic E-state index is 2.63. The van der Waals surface area contributed by atoms with Gasteiger partial charge in [-0.2, -0.15) is 0 Å². The van der Waals surface area contributed by atoms with Crippen LogP contribution in [0.1, 0.15) is 47.2 Å². The first-order valence-corrected chi connectivity index (χ1v) is 9.49. The second-order valence-corrected chi connectivity index (χ2v) is 8.20. The average Bonchev–Trinajstić information content (AvgIpc) is 2.74. The first-order valence-electron chi connectivity index (χ1n) is 9.49. The van der Waals surface area contributed by atoms with Gasteiger partial charge in [0, 0.05) is 16.8 Å². The van der Waals surface area contributed by atoms with Crippen molar-refractivity contribution < 1.29 is 17.3 Å².